The van der Waals surface area contributed by atoms with E-state index in [4.69, 9.17) is 13.8 Å². The molecule has 5 heteroatoms. The molecule has 0 aliphatic rings. The molecule has 5 aromatic carbocycles. The molecule has 0 saturated heterocycles. The summed E-state index contributed by atoms with van der Waals surface area (Å²) in [4.78, 5) is 13.9. The number of aromatic nitrogens is 3. The molecule has 0 bridgehead atoms. The van der Waals surface area contributed by atoms with Crippen LogP contribution < -0.4 is 0 Å². The lowest BCUT2D eigenvalue weighted by atomic mass is 10.1. The second-order valence-electron chi connectivity index (χ2n) is 9.72. The summed E-state index contributed by atoms with van der Waals surface area (Å²) >= 11 is 0. The van der Waals surface area contributed by atoms with Gasteiger partial charge in [0.15, 0.2) is 11.6 Å². The van der Waals surface area contributed by atoms with Gasteiger partial charge in [0, 0.05) is 32.7 Å². The van der Waals surface area contributed by atoms with Crippen molar-refractivity contribution in [2.75, 3.05) is 0 Å². The van der Waals surface area contributed by atoms with Crippen LogP contribution >= 0.6 is 0 Å². The predicted molar refractivity (Wildman–Crippen MR) is 241 cm³/mol. The number of aryl methyl sites for hydroxylation is 2. The first-order valence-corrected chi connectivity index (χ1v) is 20.2. The van der Waals surface area contributed by atoms with Gasteiger partial charge in [-0.05, 0) is 37.6 Å². The summed E-state index contributed by atoms with van der Waals surface area (Å²) in [6, 6.07) is 38.4. The van der Waals surface area contributed by atoms with Crippen LogP contribution in [0.5, 0.6) is 0 Å². The molecule has 5 nitrogen and oxygen atoms in total. The predicted octanol–water partition coefficient (Wildman–Crippen LogP) is 16.5. The van der Waals surface area contributed by atoms with E-state index >= 15 is 0 Å². The number of rotatable bonds is 2. The summed E-state index contributed by atoms with van der Waals surface area (Å²) in [7, 11) is 0. The molecular formula is C49H67N3O2. The molecule has 3 aromatic heterocycles. The van der Waals surface area contributed by atoms with E-state index in [0.29, 0.717) is 17.5 Å². The molecule has 54 heavy (non-hydrogen) atoms. The zero-order valence-corrected chi connectivity index (χ0v) is 36.1. The van der Waals surface area contributed by atoms with Crippen molar-refractivity contribution in [3.63, 3.8) is 0 Å². The highest BCUT2D eigenvalue weighted by atomic mass is 16.3. The molecule has 290 valence electrons. The monoisotopic (exact) mass is 730 g/mol. The molecule has 0 radical (unpaired) electrons. The van der Waals surface area contributed by atoms with Crippen molar-refractivity contribution in [1.82, 2.24) is 15.0 Å². The van der Waals surface area contributed by atoms with E-state index in [1.165, 1.54) is 16.3 Å². The number of fused-ring (bicyclic) bond motifs is 6. The van der Waals surface area contributed by atoms with Gasteiger partial charge in [0.1, 0.15) is 28.2 Å². The largest absolute Gasteiger partial charge is 0.456 e. The Balaban J connectivity index is 0.000000851. The summed E-state index contributed by atoms with van der Waals surface area (Å²) in [5.74, 6) is 2.03. The molecule has 3 heterocycles. The minimum absolute atomic E-state index is 0.661. The number of hydrogen-bond acceptors (Lipinski definition) is 5. The summed E-state index contributed by atoms with van der Waals surface area (Å²) in [6.45, 7) is 32.0. The van der Waals surface area contributed by atoms with Gasteiger partial charge in [-0.25, -0.2) is 15.0 Å². The van der Waals surface area contributed by atoms with Crippen molar-refractivity contribution >= 4 is 43.9 Å². The SMILES string of the molecule is CC.CC.CC.CC.CC.CC.CC.Cc1cccc2c1oc1ccccc12.Cc1nc(-c2ccccc2)nc(-c2cccc3oc4ccccc4c23)n1. The Labute approximate surface area is 326 Å². The Bertz CT molecular complexity index is 2140. The lowest BCUT2D eigenvalue weighted by Gasteiger charge is -2.06. The number of hydrogen-bond donors (Lipinski definition) is 0. The highest BCUT2D eigenvalue weighted by Crippen LogP contribution is 2.35. The molecule has 0 atom stereocenters. The first-order valence-electron chi connectivity index (χ1n) is 20.2. The van der Waals surface area contributed by atoms with Crippen LogP contribution in [0.25, 0.3) is 66.7 Å². The van der Waals surface area contributed by atoms with Gasteiger partial charge >= 0.3 is 0 Å². The van der Waals surface area contributed by atoms with Gasteiger partial charge in [0.05, 0.1) is 0 Å². The van der Waals surface area contributed by atoms with Crippen LogP contribution in [0, 0.1) is 13.8 Å². The molecule has 8 rings (SSSR count). The summed E-state index contributed by atoms with van der Waals surface area (Å²) < 4.78 is 11.8. The van der Waals surface area contributed by atoms with Crippen LogP contribution in [0.2, 0.25) is 0 Å². The third-order valence-corrected chi connectivity index (χ3v) is 7.02. The standard InChI is InChI=1S/C22H15N3O.C13H10O.7C2H6/c1-14-23-21(15-8-3-2-4-9-15)25-22(24-14)17-11-7-13-19-20(17)16-10-5-6-12-18(16)26-19;1-9-5-4-7-11-10-6-2-3-8-12(10)14-13(9)11;7*1-2/h2-13H,1H3;2-8H,1H3;7*1-2H3. The highest BCUT2D eigenvalue weighted by molar-refractivity contribution is 6.11. The molecule has 0 spiro atoms. The third-order valence-electron chi connectivity index (χ3n) is 7.02. The van der Waals surface area contributed by atoms with Crippen LogP contribution in [0.1, 0.15) is 108 Å². The van der Waals surface area contributed by atoms with Crippen molar-refractivity contribution in [3.8, 4) is 22.8 Å². The van der Waals surface area contributed by atoms with Gasteiger partial charge in [-0.2, -0.15) is 0 Å². The second-order valence-corrected chi connectivity index (χ2v) is 9.72. The first kappa shape index (κ1) is 48.7. The minimum Gasteiger partial charge on any atom is -0.456 e. The lowest BCUT2D eigenvalue weighted by molar-refractivity contribution is 0.666. The Morgan fingerprint density at radius 1 is 0.370 bits per heavy atom. The van der Waals surface area contributed by atoms with E-state index in [-0.39, 0.29) is 0 Å². The normalized spacial score (nSPS) is 9.11. The smallest absolute Gasteiger partial charge is 0.164 e. The molecule has 0 amide bonds. The lowest BCUT2D eigenvalue weighted by Crippen LogP contribution is -1.99. The zero-order chi connectivity index (χ0) is 41.1. The maximum Gasteiger partial charge on any atom is 0.164 e. The molecule has 8 aromatic rings. The second kappa shape index (κ2) is 28.2. The van der Waals surface area contributed by atoms with Crippen molar-refractivity contribution in [2.24, 2.45) is 0 Å². The van der Waals surface area contributed by atoms with E-state index < -0.39 is 0 Å². The fourth-order valence-corrected chi connectivity index (χ4v) is 5.17. The Kier molecular flexibility index (Phi) is 25.5. The highest BCUT2D eigenvalue weighted by Gasteiger charge is 2.15. The molecule has 0 aliphatic carbocycles. The average molecular weight is 730 g/mol. The van der Waals surface area contributed by atoms with Crippen molar-refractivity contribution in [1.29, 1.82) is 0 Å². The molecule has 0 saturated carbocycles. The summed E-state index contributed by atoms with van der Waals surface area (Å²) in [5, 5.41) is 4.51. The number of furan rings is 2. The molecule has 0 aliphatic heterocycles. The van der Waals surface area contributed by atoms with E-state index in [1.54, 1.807) is 0 Å². The molecule has 0 N–H and O–H groups in total. The zero-order valence-electron chi connectivity index (χ0n) is 36.1. The third kappa shape index (κ3) is 12.4. The van der Waals surface area contributed by atoms with Gasteiger partial charge in [-0.3, -0.25) is 0 Å². The van der Waals surface area contributed by atoms with Gasteiger partial charge in [0.2, 0.25) is 0 Å². The van der Waals surface area contributed by atoms with Crippen LogP contribution in [0.4, 0.5) is 0 Å². The molecule has 0 unspecified atom stereocenters. The Morgan fingerprint density at radius 2 is 0.833 bits per heavy atom. The maximum absolute atomic E-state index is 5.99. The van der Waals surface area contributed by atoms with Gasteiger partial charge in [0.25, 0.3) is 0 Å². The molecule has 0 fully saturated rings. The first-order chi connectivity index (χ1) is 26.7. The van der Waals surface area contributed by atoms with Crippen molar-refractivity contribution in [2.45, 2.75) is 111 Å². The number of benzene rings is 5. The van der Waals surface area contributed by atoms with Crippen molar-refractivity contribution in [3.05, 3.63) is 127 Å². The Hall–Kier alpha value is -5.29. The van der Waals surface area contributed by atoms with Crippen LogP contribution in [-0.4, -0.2) is 15.0 Å². The number of nitrogens with zero attached hydrogens (tertiary/aromatic N) is 3. The summed E-state index contributed by atoms with van der Waals surface area (Å²) in [6.07, 6.45) is 0. The van der Waals surface area contributed by atoms with Crippen LogP contribution in [0.3, 0.4) is 0 Å². The van der Waals surface area contributed by atoms with Gasteiger partial charge in [-0.1, -0.05) is 194 Å². The maximum atomic E-state index is 5.99. The molecular weight excluding hydrogens is 663 g/mol. The number of para-hydroxylation sites is 3. The van der Waals surface area contributed by atoms with E-state index in [9.17, 15) is 0 Å². The van der Waals surface area contributed by atoms with Gasteiger partial charge < -0.3 is 8.83 Å². The fourth-order valence-electron chi connectivity index (χ4n) is 5.17. The van der Waals surface area contributed by atoms with E-state index in [2.05, 4.69) is 47.2 Å². The minimum atomic E-state index is 0.661. The van der Waals surface area contributed by atoms with E-state index in [0.717, 1.165) is 44.2 Å². The van der Waals surface area contributed by atoms with Crippen LogP contribution in [0.15, 0.2) is 124 Å². The fraction of sp³-hybridized carbons (Fsp3) is 0.327. The van der Waals surface area contributed by atoms with Crippen molar-refractivity contribution < 1.29 is 8.83 Å². The topological polar surface area (TPSA) is 65.0 Å². The quantitative estimate of drug-likeness (QED) is 0.177. The van der Waals surface area contributed by atoms with E-state index in [1.807, 2.05) is 189 Å². The van der Waals surface area contributed by atoms with Gasteiger partial charge in [-0.15, -0.1) is 0 Å². The average Bonchev–Trinajstić information content (AvgIpc) is 3.86. The summed E-state index contributed by atoms with van der Waals surface area (Å²) in [5.41, 5.74) is 6.80. The Morgan fingerprint density at radius 3 is 1.44 bits per heavy atom. The van der Waals surface area contributed by atoms with Crippen LogP contribution in [-0.2, 0) is 0 Å².